The highest BCUT2D eigenvalue weighted by Gasteiger charge is 2.13. The Balaban J connectivity index is 2.54. The SMILES string of the molecule is CCCCCC(C)NC(=O)c1ccccc1OC. The maximum atomic E-state index is 12.1. The molecule has 0 bridgehead atoms. The number of benzene rings is 1. The number of hydrogen-bond donors (Lipinski definition) is 1. The average Bonchev–Trinajstić information content (AvgIpc) is 2.39. The van der Waals surface area contributed by atoms with Gasteiger partial charge in [0.2, 0.25) is 0 Å². The highest BCUT2D eigenvalue weighted by Crippen LogP contribution is 2.17. The highest BCUT2D eigenvalue weighted by molar-refractivity contribution is 5.97. The molecule has 1 atom stereocenters. The second kappa shape index (κ2) is 7.75. The van der Waals surface area contributed by atoms with Crippen LogP contribution in [0.1, 0.15) is 49.9 Å². The third-order valence-corrected chi connectivity index (χ3v) is 2.97. The first-order valence-corrected chi connectivity index (χ1v) is 6.63. The molecular formula is C15H23NO2. The Morgan fingerprint density at radius 2 is 2.06 bits per heavy atom. The molecular weight excluding hydrogens is 226 g/mol. The molecule has 0 saturated heterocycles. The first-order chi connectivity index (χ1) is 8.69. The van der Waals surface area contributed by atoms with E-state index in [2.05, 4.69) is 12.2 Å². The normalized spacial score (nSPS) is 11.9. The van der Waals surface area contributed by atoms with E-state index in [1.807, 2.05) is 19.1 Å². The molecule has 1 unspecified atom stereocenters. The molecule has 1 aromatic carbocycles. The number of nitrogens with one attached hydrogen (secondary N) is 1. The molecule has 0 saturated carbocycles. The largest absolute Gasteiger partial charge is 0.496 e. The minimum atomic E-state index is -0.0588. The van der Waals surface area contributed by atoms with Crippen LogP contribution >= 0.6 is 0 Å². The number of rotatable bonds is 7. The van der Waals surface area contributed by atoms with Crippen LogP contribution in [0.2, 0.25) is 0 Å². The molecule has 1 rings (SSSR count). The molecule has 0 aliphatic heterocycles. The number of carbonyl (C=O) groups is 1. The number of ether oxygens (including phenoxy) is 1. The fraction of sp³-hybridized carbons (Fsp3) is 0.533. The maximum Gasteiger partial charge on any atom is 0.255 e. The Kier molecular flexibility index (Phi) is 6.26. The monoisotopic (exact) mass is 249 g/mol. The first-order valence-electron chi connectivity index (χ1n) is 6.63. The van der Waals surface area contributed by atoms with E-state index in [0.29, 0.717) is 11.3 Å². The molecule has 0 spiro atoms. The fourth-order valence-corrected chi connectivity index (χ4v) is 1.91. The molecule has 100 valence electrons. The van der Waals surface area contributed by atoms with Crippen LogP contribution in [0.25, 0.3) is 0 Å². The van der Waals surface area contributed by atoms with Crippen LogP contribution in [0.15, 0.2) is 24.3 Å². The number of hydrogen-bond acceptors (Lipinski definition) is 2. The molecule has 0 aromatic heterocycles. The van der Waals surface area contributed by atoms with Crippen LogP contribution in [0, 0.1) is 0 Å². The quantitative estimate of drug-likeness (QED) is 0.752. The van der Waals surface area contributed by atoms with E-state index in [1.165, 1.54) is 12.8 Å². The summed E-state index contributed by atoms with van der Waals surface area (Å²) in [6, 6.07) is 7.50. The van der Waals surface area contributed by atoms with Gasteiger partial charge in [0.15, 0.2) is 0 Å². The number of amides is 1. The van der Waals surface area contributed by atoms with Crippen LogP contribution < -0.4 is 10.1 Å². The van der Waals surface area contributed by atoms with Crippen molar-refractivity contribution in [2.75, 3.05) is 7.11 Å². The van der Waals surface area contributed by atoms with Gasteiger partial charge in [-0.25, -0.2) is 0 Å². The zero-order valence-corrected chi connectivity index (χ0v) is 11.5. The second-order valence-electron chi connectivity index (χ2n) is 4.57. The summed E-state index contributed by atoms with van der Waals surface area (Å²) in [7, 11) is 1.58. The van der Waals surface area contributed by atoms with Gasteiger partial charge in [0.05, 0.1) is 12.7 Å². The molecule has 3 heteroatoms. The summed E-state index contributed by atoms with van der Waals surface area (Å²) in [4.78, 5) is 12.1. The highest BCUT2D eigenvalue weighted by atomic mass is 16.5. The van der Waals surface area contributed by atoms with Crippen molar-refractivity contribution in [3.05, 3.63) is 29.8 Å². The lowest BCUT2D eigenvalue weighted by Crippen LogP contribution is -2.32. The van der Waals surface area contributed by atoms with Crippen LogP contribution in [0.5, 0.6) is 5.75 Å². The Labute approximate surface area is 110 Å². The predicted octanol–water partition coefficient (Wildman–Crippen LogP) is 3.39. The van der Waals surface area contributed by atoms with Crippen molar-refractivity contribution in [2.45, 2.75) is 45.6 Å². The third-order valence-electron chi connectivity index (χ3n) is 2.97. The summed E-state index contributed by atoms with van der Waals surface area (Å²) >= 11 is 0. The summed E-state index contributed by atoms with van der Waals surface area (Å²) in [5.41, 5.74) is 0.599. The molecule has 0 aliphatic rings. The molecule has 0 heterocycles. The summed E-state index contributed by atoms with van der Waals surface area (Å²) in [5, 5.41) is 3.01. The molecule has 3 nitrogen and oxygen atoms in total. The van der Waals surface area contributed by atoms with Crippen molar-refractivity contribution in [1.82, 2.24) is 5.32 Å². The number of para-hydroxylation sites is 1. The van der Waals surface area contributed by atoms with Crippen LogP contribution in [-0.2, 0) is 0 Å². The van der Waals surface area contributed by atoms with E-state index in [9.17, 15) is 4.79 Å². The molecule has 1 N–H and O–H groups in total. The minimum absolute atomic E-state index is 0.0588. The Bertz CT molecular complexity index is 377. The van der Waals surface area contributed by atoms with Gasteiger partial charge in [-0.3, -0.25) is 4.79 Å². The standard InChI is InChI=1S/C15H23NO2/c1-4-5-6-9-12(2)16-15(17)13-10-7-8-11-14(13)18-3/h7-8,10-12H,4-6,9H2,1-3H3,(H,16,17). The van der Waals surface area contributed by atoms with E-state index in [-0.39, 0.29) is 11.9 Å². The maximum absolute atomic E-state index is 12.1. The first kappa shape index (κ1) is 14.6. The van der Waals surface area contributed by atoms with Gasteiger partial charge in [0.1, 0.15) is 5.75 Å². The Morgan fingerprint density at radius 1 is 1.33 bits per heavy atom. The molecule has 1 amide bonds. The lowest BCUT2D eigenvalue weighted by atomic mass is 10.1. The molecule has 0 aliphatic carbocycles. The minimum Gasteiger partial charge on any atom is -0.496 e. The molecule has 1 aromatic rings. The summed E-state index contributed by atoms with van der Waals surface area (Å²) in [6.07, 6.45) is 4.60. The second-order valence-corrected chi connectivity index (χ2v) is 4.57. The van der Waals surface area contributed by atoms with Gasteiger partial charge < -0.3 is 10.1 Å². The third kappa shape index (κ3) is 4.40. The molecule has 18 heavy (non-hydrogen) atoms. The zero-order valence-electron chi connectivity index (χ0n) is 11.5. The number of unbranched alkanes of at least 4 members (excludes halogenated alkanes) is 2. The van der Waals surface area contributed by atoms with E-state index in [0.717, 1.165) is 12.8 Å². The van der Waals surface area contributed by atoms with Gasteiger partial charge in [-0.15, -0.1) is 0 Å². The van der Waals surface area contributed by atoms with E-state index >= 15 is 0 Å². The van der Waals surface area contributed by atoms with Crippen molar-refractivity contribution < 1.29 is 9.53 Å². The van der Waals surface area contributed by atoms with Crippen molar-refractivity contribution in [1.29, 1.82) is 0 Å². The van der Waals surface area contributed by atoms with E-state index in [1.54, 1.807) is 19.2 Å². The van der Waals surface area contributed by atoms with Gasteiger partial charge in [0, 0.05) is 6.04 Å². The van der Waals surface area contributed by atoms with Gasteiger partial charge in [-0.05, 0) is 25.5 Å². The topological polar surface area (TPSA) is 38.3 Å². The fourth-order valence-electron chi connectivity index (χ4n) is 1.91. The van der Waals surface area contributed by atoms with Gasteiger partial charge in [-0.2, -0.15) is 0 Å². The molecule has 0 fully saturated rings. The van der Waals surface area contributed by atoms with E-state index < -0.39 is 0 Å². The predicted molar refractivity (Wildman–Crippen MR) is 74.1 cm³/mol. The summed E-state index contributed by atoms with van der Waals surface area (Å²) in [6.45, 7) is 4.22. The number of carbonyl (C=O) groups excluding carboxylic acids is 1. The van der Waals surface area contributed by atoms with Crippen LogP contribution in [0.3, 0.4) is 0 Å². The average molecular weight is 249 g/mol. The van der Waals surface area contributed by atoms with Gasteiger partial charge in [-0.1, -0.05) is 38.3 Å². The summed E-state index contributed by atoms with van der Waals surface area (Å²) < 4.78 is 5.19. The van der Waals surface area contributed by atoms with Crippen LogP contribution in [-0.4, -0.2) is 19.1 Å². The van der Waals surface area contributed by atoms with E-state index in [4.69, 9.17) is 4.74 Å². The smallest absolute Gasteiger partial charge is 0.255 e. The lowest BCUT2D eigenvalue weighted by Gasteiger charge is -2.15. The van der Waals surface area contributed by atoms with Crippen LogP contribution in [0.4, 0.5) is 0 Å². The zero-order chi connectivity index (χ0) is 13.4. The Morgan fingerprint density at radius 3 is 2.72 bits per heavy atom. The van der Waals surface area contributed by atoms with Crippen molar-refractivity contribution in [3.63, 3.8) is 0 Å². The molecule has 0 radical (unpaired) electrons. The van der Waals surface area contributed by atoms with Gasteiger partial charge in [0.25, 0.3) is 5.91 Å². The van der Waals surface area contributed by atoms with Crippen molar-refractivity contribution >= 4 is 5.91 Å². The summed E-state index contributed by atoms with van der Waals surface area (Å²) in [5.74, 6) is 0.562. The van der Waals surface area contributed by atoms with Gasteiger partial charge >= 0.3 is 0 Å². The van der Waals surface area contributed by atoms with Crippen molar-refractivity contribution in [3.8, 4) is 5.75 Å². The lowest BCUT2D eigenvalue weighted by molar-refractivity contribution is 0.0935. The Hall–Kier alpha value is -1.51. The number of methoxy groups -OCH3 is 1. The van der Waals surface area contributed by atoms with Crippen molar-refractivity contribution in [2.24, 2.45) is 0 Å².